The predicted molar refractivity (Wildman–Crippen MR) is 218 cm³/mol. The molecule has 52 heavy (non-hydrogen) atoms. The molecule has 1 N–H and O–H groups in total. The second kappa shape index (κ2) is 12.5. The van der Waals surface area contributed by atoms with Gasteiger partial charge in [-0.3, -0.25) is 0 Å². The van der Waals surface area contributed by atoms with Gasteiger partial charge in [-0.25, -0.2) is 0 Å². The van der Waals surface area contributed by atoms with Crippen molar-refractivity contribution >= 4 is 55.1 Å². The summed E-state index contributed by atoms with van der Waals surface area (Å²) >= 11 is 0. The van der Waals surface area contributed by atoms with Crippen molar-refractivity contribution in [1.29, 1.82) is 0 Å². The Hall–Kier alpha value is -6.84. The Balaban J connectivity index is 1.04. The lowest BCUT2D eigenvalue weighted by Crippen LogP contribution is -2.09. The van der Waals surface area contributed by atoms with Gasteiger partial charge in [-0.05, 0) is 97.7 Å². The third kappa shape index (κ3) is 5.31. The van der Waals surface area contributed by atoms with E-state index in [0.717, 1.165) is 45.0 Å². The molecule has 246 valence electrons. The fourth-order valence-corrected chi connectivity index (χ4v) is 7.60. The maximum absolute atomic E-state index is 6.63. The lowest BCUT2D eigenvalue weighted by atomic mass is 9.96. The first-order valence-electron chi connectivity index (χ1n) is 17.8. The van der Waals surface area contributed by atoms with E-state index in [4.69, 9.17) is 4.74 Å². The van der Waals surface area contributed by atoms with Gasteiger partial charge in [0.2, 0.25) is 0 Å². The summed E-state index contributed by atoms with van der Waals surface area (Å²) in [6.07, 6.45) is -0.215. The molecule has 0 saturated carbocycles. The molecule has 1 aliphatic rings. The average molecular weight is 667 g/mol. The molecule has 1 unspecified atom stereocenters. The van der Waals surface area contributed by atoms with E-state index in [1.807, 2.05) is 6.07 Å². The van der Waals surface area contributed by atoms with Gasteiger partial charge in [-0.2, -0.15) is 0 Å². The zero-order chi connectivity index (χ0) is 34.4. The predicted octanol–water partition coefficient (Wildman–Crippen LogP) is 13.5. The zero-order valence-corrected chi connectivity index (χ0v) is 28.4. The Morgan fingerprint density at radius 2 is 0.942 bits per heavy atom. The van der Waals surface area contributed by atoms with E-state index >= 15 is 0 Å². The number of benzene rings is 9. The SMILES string of the molecule is c1ccc(-c2ccc(N(c3ccc(-c4ccc5ccc6ccc7c(c6c5c4)OC(c4ccccc4)N7)cc3)c3ccc4ccccc4c3)cc2)cc1. The van der Waals surface area contributed by atoms with Crippen molar-refractivity contribution in [2.24, 2.45) is 0 Å². The van der Waals surface area contributed by atoms with E-state index in [9.17, 15) is 0 Å². The molecule has 0 fully saturated rings. The monoisotopic (exact) mass is 666 g/mol. The van der Waals surface area contributed by atoms with Crippen LogP contribution in [-0.2, 0) is 0 Å². The second-order valence-electron chi connectivity index (χ2n) is 13.4. The number of fused-ring (bicyclic) bond motifs is 6. The highest BCUT2D eigenvalue weighted by Crippen LogP contribution is 2.46. The summed E-state index contributed by atoms with van der Waals surface area (Å²) in [5, 5.41) is 10.7. The maximum Gasteiger partial charge on any atom is 0.196 e. The highest BCUT2D eigenvalue weighted by molar-refractivity contribution is 6.13. The third-order valence-electron chi connectivity index (χ3n) is 10.3. The van der Waals surface area contributed by atoms with Crippen LogP contribution in [0.2, 0.25) is 0 Å². The number of nitrogens with zero attached hydrogens (tertiary/aromatic N) is 1. The van der Waals surface area contributed by atoms with Gasteiger partial charge in [0.25, 0.3) is 0 Å². The summed E-state index contributed by atoms with van der Waals surface area (Å²) in [4.78, 5) is 2.34. The van der Waals surface area contributed by atoms with Crippen molar-refractivity contribution in [2.75, 3.05) is 10.2 Å². The summed E-state index contributed by atoms with van der Waals surface area (Å²) < 4.78 is 6.63. The molecule has 9 aromatic carbocycles. The number of nitrogens with one attached hydrogen (secondary N) is 1. The van der Waals surface area contributed by atoms with E-state index in [0.29, 0.717) is 0 Å². The summed E-state index contributed by atoms with van der Waals surface area (Å²) in [5.41, 5.74) is 10.2. The normalized spacial score (nSPS) is 13.5. The molecule has 10 rings (SSSR count). The molecule has 0 saturated heterocycles. The molecule has 9 aromatic rings. The number of anilines is 4. The average Bonchev–Trinajstić information content (AvgIpc) is 3.67. The van der Waals surface area contributed by atoms with Crippen LogP contribution in [0.1, 0.15) is 11.8 Å². The highest BCUT2D eigenvalue weighted by atomic mass is 16.5. The number of ether oxygens (including phenoxy) is 1. The van der Waals surface area contributed by atoms with Gasteiger partial charge in [-0.1, -0.05) is 146 Å². The summed E-state index contributed by atoms with van der Waals surface area (Å²) in [6.45, 7) is 0. The molecule has 0 radical (unpaired) electrons. The minimum absolute atomic E-state index is 0.215. The van der Waals surface area contributed by atoms with Crippen molar-refractivity contribution in [2.45, 2.75) is 6.23 Å². The van der Waals surface area contributed by atoms with Crippen LogP contribution in [0.5, 0.6) is 5.75 Å². The Kier molecular flexibility index (Phi) is 7.21. The molecular formula is C49H34N2O. The van der Waals surface area contributed by atoms with Crippen LogP contribution in [0.25, 0.3) is 54.6 Å². The van der Waals surface area contributed by atoms with E-state index in [-0.39, 0.29) is 6.23 Å². The maximum atomic E-state index is 6.63. The van der Waals surface area contributed by atoms with Crippen LogP contribution in [0, 0.1) is 0 Å². The molecule has 0 amide bonds. The van der Waals surface area contributed by atoms with Crippen LogP contribution in [0.3, 0.4) is 0 Å². The Morgan fingerprint density at radius 1 is 0.404 bits per heavy atom. The smallest absolute Gasteiger partial charge is 0.196 e. The van der Waals surface area contributed by atoms with E-state index in [2.05, 4.69) is 198 Å². The van der Waals surface area contributed by atoms with Gasteiger partial charge in [0.15, 0.2) is 12.0 Å². The summed E-state index contributed by atoms with van der Waals surface area (Å²) in [7, 11) is 0. The van der Waals surface area contributed by atoms with Gasteiger partial charge >= 0.3 is 0 Å². The molecule has 3 heteroatoms. The van der Waals surface area contributed by atoms with Crippen LogP contribution in [0.15, 0.2) is 194 Å². The molecule has 0 aliphatic carbocycles. The first-order chi connectivity index (χ1) is 25.7. The largest absolute Gasteiger partial charge is 0.464 e. The van der Waals surface area contributed by atoms with Crippen molar-refractivity contribution in [3.8, 4) is 28.0 Å². The number of hydrogen-bond donors (Lipinski definition) is 1. The lowest BCUT2D eigenvalue weighted by molar-refractivity contribution is 0.263. The first-order valence-corrected chi connectivity index (χ1v) is 17.8. The standard InChI is InChI=1S/C49H34N2O/c1-3-9-33(10-4-1)35-19-25-42(26-20-35)51(44-29-23-34-11-7-8-14-40(34)31-44)43-27-21-36(22-28-43)41-18-16-37-15-17-38-24-30-46-48(47(38)45(37)32-41)52-49(50-46)39-12-5-2-6-13-39/h1-32,49-50H. The van der Waals surface area contributed by atoms with E-state index in [1.54, 1.807) is 0 Å². The Labute approximate surface area is 303 Å². The van der Waals surface area contributed by atoms with Gasteiger partial charge in [-0.15, -0.1) is 0 Å². The zero-order valence-electron chi connectivity index (χ0n) is 28.4. The second-order valence-corrected chi connectivity index (χ2v) is 13.4. The topological polar surface area (TPSA) is 24.5 Å². The van der Waals surface area contributed by atoms with Crippen molar-refractivity contribution in [3.63, 3.8) is 0 Å². The fraction of sp³-hybridized carbons (Fsp3) is 0.0204. The van der Waals surface area contributed by atoms with Gasteiger partial charge in [0.1, 0.15) is 0 Å². The number of hydrogen-bond acceptors (Lipinski definition) is 3. The Bertz CT molecular complexity index is 2720. The van der Waals surface area contributed by atoms with Crippen LogP contribution < -0.4 is 15.0 Å². The lowest BCUT2D eigenvalue weighted by Gasteiger charge is -2.26. The van der Waals surface area contributed by atoms with E-state index < -0.39 is 0 Å². The molecule has 1 atom stereocenters. The minimum atomic E-state index is -0.215. The van der Waals surface area contributed by atoms with Gasteiger partial charge in [0.05, 0.1) is 5.69 Å². The van der Waals surface area contributed by atoms with Crippen LogP contribution in [0.4, 0.5) is 22.7 Å². The van der Waals surface area contributed by atoms with Crippen molar-refractivity contribution in [1.82, 2.24) is 0 Å². The molecule has 3 nitrogen and oxygen atoms in total. The summed E-state index contributed by atoms with van der Waals surface area (Å²) in [5.74, 6) is 0.911. The van der Waals surface area contributed by atoms with Crippen molar-refractivity contribution in [3.05, 3.63) is 200 Å². The van der Waals surface area contributed by atoms with Crippen LogP contribution in [-0.4, -0.2) is 0 Å². The van der Waals surface area contributed by atoms with Gasteiger partial charge in [0, 0.05) is 28.0 Å². The third-order valence-corrected chi connectivity index (χ3v) is 10.3. The van der Waals surface area contributed by atoms with E-state index in [1.165, 1.54) is 43.6 Å². The molecule has 0 aromatic heterocycles. The fourth-order valence-electron chi connectivity index (χ4n) is 7.60. The Morgan fingerprint density at radius 3 is 1.69 bits per heavy atom. The quantitative estimate of drug-likeness (QED) is 0.179. The van der Waals surface area contributed by atoms with Crippen LogP contribution >= 0.6 is 0 Å². The molecular weight excluding hydrogens is 633 g/mol. The summed E-state index contributed by atoms with van der Waals surface area (Å²) in [6, 6.07) is 69.4. The van der Waals surface area contributed by atoms with Crippen molar-refractivity contribution < 1.29 is 4.74 Å². The van der Waals surface area contributed by atoms with Gasteiger partial charge < -0.3 is 15.0 Å². The molecule has 1 aliphatic heterocycles. The highest BCUT2D eigenvalue weighted by Gasteiger charge is 2.26. The minimum Gasteiger partial charge on any atom is -0.464 e. The number of rotatable bonds is 6. The molecule has 0 bridgehead atoms. The molecule has 0 spiro atoms. The first kappa shape index (κ1) is 30.0. The molecule has 1 heterocycles.